The first-order valence-electron chi connectivity index (χ1n) is 11.5. The fourth-order valence-corrected chi connectivity index (χ4v) is 4.94. The summed E-state index contributed by atoms with van der Waals surface area (Å²) in [6.45, 7) is 2.82. The van der Waals surface area contributed by atoms with E-state index in [4.69, 9.17) is 0 Å². The van der Waals surface area contributed by atoms with Gasteiger partial charge >= 0.3 is 0 Å². The number of nitrogens with zero attached hydrogens (tertiary/aromatic N) is 2. The minimum absolute atomic E-state index is 0.00297. The van der Waals surface area contributed by atoms with E-state index in [2.05, 4.69) is 15.9 Å². The van der Waals surface area contributed by atoms with Gasteiger partial charge in [-0.1, -0.05) is 47.0 Å². The van der Waals surface area contributed by atoms with Crippen molar-refractivity contribution in [2.24, 2.45) is 5.92 Å². The van der Waals surface area contributed by atoms with Crippen LogP contribution in [0.5, 0.6) is 0 Å². The Hall–Kier alpha value is -2.47. The van der Waals surface area contributed by atoms with Gasteiger partial charge in [-0.3, -0.25) is 14.4 Å². The van der Waals surface area contributed by atoms with Crippen LogP contribution in [0.2, 0.25) is 0 Å². The fourth-order valence-electron chi connectivity index (χ4n) is 4.67. The van der Waals surface area contributed by atoms with Crippen molar-refractivity contribution < 1.29 is 14.4 Å². The summed E-state index contributed by atoms with van der Waals surface area (Å²) in [5.41, 5.74) is 1.40. The van der Waals surface area contributed by atoms with Gasteiger partial charge in [0.1, 0.15) is 0 Å². The van der Waals surface area contributed by atoms with Gasteiger partial charge in [0, 0.05) is 47.7 Å². The number of amides is 2. The summed E-state index contributed by atoms with van der Waals surface area (Å²) in [6, 6.07) is 14.2. The normalized spacial score (nSPS) is 17.7. The third-order valence-corrected chi connectivity index (χ3v) is 7.09. The first-order valence-corrected chi connectivity index (χ1v) is 12.3. The minimum atomic E-state index is -0.160. The highest BCUT2D eigenvalue weighted by atomic mass is 79.9. The van der Waals surface area contributed by atoms with Crippen molar-refractivity contribution in [1.82, 2.24) is 9.80 Å². The Morgan fingerprint density at radius 2 is 1.31 bits per heavy atom. The Bertz CT molecular complexity index is 973. The second-order valence-corrected chi connectivity index (χ2v) is 9.60. The zero-order chi connectivity index (χ0) is 22.5. The molecule has 2 aliphatic heterocycles. The fraction of sp³-hybridized carbons (Fsp3) is 0.423. The summed E-state index contributed by atoms with van der Waals surface area (Å²) >= 11 is 3.39. The lowest BCUT2D eigenvalue weighted by atomic mass is 9.93. The molecule has 0 spiro atoms. The molecule has 2 aromatic rings. The molecule has 0 atom stereocenters. The number of halogens is 1. The van der Waals surface area contributed by atoms with Gasteiger partial charge in [-0.2, -0.15) is 0 Å². The Balaban J connectivity index is 1.43. The van der Waals surface area contributed by atoms with Crippen molar-refractivity contribution in [1.29, 1.82) is 0 Å². The Kier molecular flexibility index (Phi) is 7.40. The quantitative estimate of drug-likeness (QED) is 0.563. The van der Waals surface area contributed by atoms with Crippen LogP contribution in [0.25, 0.3) is 0 Å². The topological polar surface area (TPSA) is 57.7 Å². The molecule has 0 aromatic heterocycles. The highest BCUT2D eigenvalue weighted by Gasteiger charge is 2.31. The van der Waals surface area contributed by atoms with Crippen molar-refractivity contribution in [3.63, 3.8) is 0 Å². The van der Waals surface area contributed by atoms with Gasteiger partial charge in [-0.25, -0.2) is 0 Å². The van der Waals surface area contributed by atoms with Gasteiger partial charge < -0.3 is 9.80 Å². The summed E-state index contributed by atoms with van der Waals surface area (Å²) in [5.74, 6) is -0.0407. The molecule has 5 nitrogen and oxygen atoms in total. The Labute approximate surface area is 197 Å². The molecule has 0 bridgehead atoms. The van der Waals surface area contributed by atoms with Crippen LogP contribution in [-0.4, -0.2) is 53.6 Å². The van der Waals surface area contributed by atoms with E-state index in [1.54, 1.807) is 41.3 Å². The Morgan fingerprint density at radius 3 is 1.94 bits per heavy atom. The number of rotatable bonds is 4. The number of piperidine rings is 1. The highest BCUT2D eigenvalue weighted by Crippen LogP contribution is 2.25. The van der Waals surface area contributed by atoms with Crippen LogP contribution in [0, 0.1) is 5.92 Å². The van der Waals surface area contributed by atoms with Gasteiger partial charge in [-0.05, 0) is 56.0 Å². The molecule has 0 saturated carbocycles. The van der Waals surface area contributed by atoms with Crippen molar-refractivity contribution >= 4 is 33.5 Å². The molecule has 2 saturated heterocycles. The lowest BCUT2D eigenvalue weighted by Crippen LogP contribution is -2.45. The molecule has 0 N–H and O–H groups in total. The SMILES string of the molecule is O=C(c1ccc(Br)cc1)c1ccccc1C(=O)N1CCC(C(=O)N2CCCCCC2)CC1. The van der Waals surface area contributed by atoms with Crippen LogP contribution in [0.1, 0.15) is 64.8 Å². The van der Waals surface area contributed by atoms with Crippen molar-refractivity contribution in [3.8, 4) is 0 Å². The number of hydrogen-bond donors (Lipinski definition) is 0. The Morgan fingerprint density at radius 1 is 0.719 bits per heavy atom. The molecule has 2 fully saturated rings. The summed E-state index contributed by atoms with van der Waals surface area (Å²) in [5, 5.41) is 0. The number of hydrogen-bond acceptors (Lipinski definition) is 3. The van der Waals surface area contributed by atoms with Crippen molar-refractivity contribution in [2.75, 3.05) is 26.2 Å². The van der Waals surface area contributed by atoms with Crippen molar-refractivity contribution in [2.45, 2.75) is 38.5 Å². The predicted octanol–water partition coefficient (Wildman–Crippen LogP) is 4.93. The van der Waals surface area contributed by atoms with E-state index >= 15 is 0 Å². The third-order valence-electron chi connectivity index (χ3n) is 6.56. The van der Waals surface area contributed by atoms with E-state index in [0.717, 1.165) is 30.4 Å². The first-order chi connectivity index (χ1) is 15.5. The number of carbonyl (C=O) groups is 3. The van der Waals surface area contributed by atoms with E-state index < -0.39 is 0 Å². The predicted molar refractivity (Wildman–Crippen MR) is 128 cm³/mol. The second kappa shape index (κ2) is 10.4. The molecule has 4 rings (SSSR count). The minimum Gasteiger partial charge on any atom is -0.342 e. The number of likely N-dealkylation sites (tertiary alicyclic amines) is 2. The van der Waals surface area contributed by atoms with Crippen molar-refractivity contribution in [3.05, 3.63) is 69.7 Å². The molecule has 0 unspecified atom stereocenters. The highest BCUT2D eigenvalue weighted by molar-refractivity contribution is 9.10. The average Bonchev–Trinajstić information content (AvgIpc) is 3.13. The van der Waals surface area contributed by atoms with E-state index in [1.165, 1.54) is 12.8 Å². The smallest absolute Gasteiger partial charge is 0.254 e. The van der Waals surface area contributed by atoms with Crippen LogP contribution in [-0.2, 0) is 4.79 Å². The molecule has 6 heteroatoms. The maximum atomic E-state index is 13.3. The lowest BCUT2D eigenvalue weighted by Gasteiger charge is -2.34. The summed E-state index contributed by atoms with van der Waals surface area (Å²) in [7, 11) is 0. The van der Waals surface area contributed by atoms with Crippen LogP contribution < -0.4 is 0 Å². The molecule has 2 aliphatic rings. The standard InChI is InChI=1S/C26H29BrN2O3/c27-21-11-9-19(10-12-21)24(30)22-7-3-4-8-23(22)26(32)29-17-13-20(14-18-29)25(31)28-15-5-1-2-6-16-28/h3-4,7-12,20H,1-2,5-6,13-18H2. The molecule has 0 radical (unpaired) electrons. The first kappa shape index (κ1) is 22.7. The second-order valence-electron chi connectivity index (χ2n) is 8.69. The van der Waals surface area contributed by atoms with E-state index in [-0.39, 0.29) is 23.5 Å². The maximum Gasteiger partial charge on any atom is 0.254 e. The number of benzene rings is 2. The van der Waals surface area contributed by atoms with Gasteiger partial charge in [-0.15, -0.1) is 0 Å². The molecular weight excluding hydrogens is 468 g/mol. The van der Waals surface area contributed by atoms with E-state index in [9.17, 15) is 14.4 Å². The molecule has 32 heavy (non-hydrogen) atoms. The summed E-state index contributed by atoms with van der Waals surface area (Å²) < 4.78 is 0.899. The largest absolute Gasteiger partial charge is 0.342 e. The lowest BCUT2D eigenvalue weighted by molar-refractivity contribution is -0.136. The van der Waals surface area contributed by atoms with Crippen LogP contribution >= 0.6 is 15.9 Å². The van der Waals surface area contributed by atoms with Gasteiger partial charge in [0.25, 0.3) is 5.91 Å². The van der Waals surface area contributed by atoms with Gasteiger partial charge in [0.05, 0.1) is 5.56 Å². The molecular formula is C26H29BrN2O3. The van der Waals surface area contributed by atoms with Crippen LogP contribution in [0.4, 0.5) is 0 Å². The monoisotopic (exact) mass is 496 g/mol. The van der Waals surface area contributed by atoms with Crippen LogP contribution in [0.3, 0.4) is 0 Å². The van der Waals surface area contributed by atoms with Gasteiger partial charge in [0.15, 0.2) is 5.78 Å². The molecule has 2 aromatic carbocycles. The number of carbonyl (C=O) groups excluding carboxylic acids is 3. The average molecular weight is 497 g/mol. The molecule has 2 amide bonds. The summed E-state index contributed by atoms with van der Waals surface area (Å²) in [4.78, 5) is 43.2. The zero-order valence-electron chi connectivity index (χ0n) is 18.3. The molecule has 2 heterocycles. The zero-order valence-corrected chi connectivity index (χ0v) is 19.9. The van der Waals surface area contributed by atoms with Crippen LogP contribution in [0.15, 0.2) is 53.0 Å². The summed E-state index contributed by atoms with van der Waals surface area (Å²) in [6.07, 6.45) is 5.95. The maximum absolute atomic E-state index is 13.3. The van der Waals surface area contributed by atoms with E-state index in [0.29, 0.717) is 42.6 Å². The van der Waals surface area contributed by atoms with E-state index in [1.807, 2.05) is 17.0 Å². The molecule has 0 aliphatic carbocycles. The molecule has 168 valence electrons. The van der Waals surface area contributed by atoms with Gasteiger partial charge in [0.2, 0.25) is 5.91 Å². The third kappa shape index (κ3) is 5.12. The number of ketones is 1.